The van der Waals surface area contributed by atoms with Gasteiger partial charge in [-0.25, -0.2) is 0 Å². The van der Waals surface area contributed by atoms with Crippen LogP contribution in [0, 0.1) is 5.92 Å². The second kappa shape index (κ2) is 7.80. The molecule has 0 amide bonds. The monoisotopic (exact) mass is 400 g/mol. The summed E-state index contributed by atoms with van der Waals surface area (Å²) in [5.74, 6) is 2.26. The van der Waals surface area contributed by atoms with Gasteiger partial charge in [0.2, 0.25) is 0 Å². The maximum atomic E-state index is 13.6. The second-order valence-electron chi connectivity index (χ2n) is 7.74. The van der Waals surface area contributed by atoms with Gasteiger partial charge in [-0.1, -0.05) is 30.3 Å². The van der Waals surface area contributed by atoms with Crippen molar-refractivity contribution in [3.63, 3.8) is 0 Å². The Kier molecular flexibility index (Phi) is 4.85. The van der Waals surface area contributed by atoms with Crippen molar-refractivity contribution in [3.8, 4) is 22.6 Å². The molecule has 1 aliphatic heterocycles. The first kappa shape index (κ1) is 18.6. The van der Waals surface area contributed by atoms with E-state index in [9.17, 15) is 4.79 Å². The largest absolute Gasteiger partial charge is 0.497 e. The van der Waals surface area contributed by atoms with E-state index < -0.39 is 0 Å². The number of ether oxygens (including phenoxy) is 1. The van der Waals surface area contributed by atoms with E-state index in [4.69, 9.17) is 4.74 Å². The summed E-state index contributed by atoms with van der Waals surface area (Å²) in [4.78, 5) is 18.2. The zero-order valence-electron chi connectivity index (χ0n) is 16.8. The van der Waals surface area contributed by atoms with E-state index in [-0.39, 0.29) is 11.8 Å². The van der Waals surface area contributed by atoms with Gasteiger partial charge >= 0.3 is 0 Å². The number of nitrogens with one attached hydrogen (secondary N) is 2. The standard InChI is InChI=1S/C24H24N4O2/c1-30-20-11-9-17(10-12-20)21-13-18-15-26-24(25-14-16-7-8-16)27-22(18)28(23(21)29)19-5-3-2-4-6-19/h2-6,9-13,15-16,24-25,27H,7-8,14H2,1H3. The minimum absolute atomic E-state index is 0.0751. The summed E-state index contributed by atoms with van der Waals surface area (Å²) in [5, 5.41) is 6.86. The van der Waals surface area contributed by atoms with Crippen LogP contribution in [-0.4, -0.2) is 30.7 Å². The fourth-order valence-corrected chi connectivity index (χ4v) is 3.71. The van der Waals surface area contributed by atoms with E-state index in [2.05, 4.69) is 15.6 Å². The Balaban J connectivity index is 1.61. The summed E-state index contributed by atoms with van der Waals surface area (Å²) >= 11 is 0. The summed E-state index contributed by atoms with van der Waals surface area (Å²) in [7, 11) is 1.63. The predicted octanol–water partition coefficient (Wildman–Crippen LogP) is 3.64. The lowest BCUT2D eigenvalue weighted by atomic mass is 10.0. The molecule has 5 rings (SSSR count). The number of nitrogens with zero attached hydrogens (tertiary/aromatic N) is 2. The quantitative estimate of drug-likeness (QED) is 0.663. The van der Waals surface area contributed by atoms with Crippen LogP contribution in [0.25, 0.3) is 16.8 Å². The van der Waals surface area contributed by atoms with Gasteiger partial charge in [-0.2, -0.15) is 0 Å². The molecule has 2 aromatic carbocycles. The van der Waals surface area contributed by atoms with Crippen LogP contribution in [0.3, 0.4) is 0 Å². The number of methoxy groups -OCH3 is 1. The number of hydrogen-bond acceptors (Lipinski definition) is 5. The number of fused-ring (bicyclic) bond motifs is 1. The number of anilines is 1. The third kappa shape index (κ3) is 3.62. The lowest BCUT2D eigenvalue weighted by Gasteiger charge is -2.26. The number of para-hydroxylation sites is 1. The van der Waals surface area contributed by atoms with Gasteiger partial charge in [0.1, 0.15) is 11.6 Å². The maximum absolute atomic E-state index is 13.6. The van der Waals surface area contributed by atoms with Crippen molar-refractivity contribution in [1.29, 1.82) is 0 Å². The van der Waals surface area contributed by atoms with E-state index in [1.54, 1.807) is 11.7 Å². The van der Waals surface area contributed by atoms with Crippen molar-refractivity contribution in [3.05, 3.63) is 76.6 Å². The number of aliphatic imine (C=N–C) groups is 1. The molecule has 30 heavy (non-hydrogen) atoms. The average molecular weight is 400 g/mol. The van der Waals surface area contributed by atoms with E-state index in [0.29, 0.717) is 5.56 Å². The van der Waals surface area contributed by atoms with Crippen LogP contribution in [0.4, 0.5) is 5.82 Å². The van der Waals surface area contributed by atoms with E-state index in [1.807, 2.05) is 66.9 Å². The highest BCUT2D eigenvalue weighted by Crippen LogP contribution is 2.29. The van der Waals surface area contributed by atoms with Gasteiger partial charge in [-0.15, -0.1) is 0 Å². The van der Waals surface area contributed by atoms with E-state index in [0.717, 1.165) is 40.8 Å². The Morgan fingerprint density at radius 1 is 1.13 bits per heavy atom. The number of pyridine rings is 1. The maximum Gasteiger partial charge on any atom is 0.264 e. The van der Waals surface area contributed by atoms with Crippen LogP contribution in [0.1, 0.15) is 18.4 Å². The molecule has 2 aliphatic rings. The van der Waals surface area contributed by atoms with Crippen LogP contribution in [0.15, 0.2) is 70.5 Å². The molecule has 152 valence electrons. The van der Waals surface area contributed by atoms with Gasteiger partial charge < -0.3 is 10.1 Å². The summed E-state index contributed by atoms with van der Waals surface area (Å²) < 4.78 is 7.00. The molecule has 0 saturated heterocycles. The molecule has 0 bridgehead atoms. The van der Waals surface area contributed by atoms with Crippen molar-refractivity contribution in [1.82, 2.24) is 9.88 Å². The number of rotatable bonds is 6. The van der Waals surface area contributed by atoms with E-state index in [1.165, 1.54) is 12.8 Å². The molecule has 1 fully saturated rings. The summed E-state index contributed by atoms with van der Waals surface area (Å²) in [5.41, 5.74) is 3.09. The van der Waals surface area contributed by atoms with Gasteiger partial charge in [0.05, 0.1) is 12.8 Å². The molecule has 1 aromatic heterocycles. The highest BCUT2D eigenvalue weighted by atomic mass is 16.5. The van der Waals surface area contributed by atoms with Crippen molar-refractivity contribution in [2.45, 2.75) is 19.1 Å². The van der Waals surface area contributed by atoms with Gasteiger partial charge in [-0.05, 0) is 54.7 Å². The summed E-state index contributed by atoms with van der Waals surface area (Å²) in [6.07, 6.45) is 4.17. The Hall–Kier alpha value is -3.38. The normalized spacial score (nSPS) is 17.3. The Morgan fingerprint density at radius 2 is 1.90 bits per heavy atom. The highest BCUT2D eigenvalue weighted by Gasteiger charge is 2.25. The first-order valence-electron chi connectivity index (χ1n) is 10.3. The van der Waals surface area contributed by atoms with Crippen LogP contribution >= 0.6 is 0 Å². The minimum Gasteiger partial charge on any atom is -0.497 e. The fourth-order valence-electron chi connectivity index (χ4n) is 3.71. The van der Waals surface area contributed by atoms with Crippen LogP contribution in [0.2, 0.25) is 0 Å². The van der Waals surface area contributed by atoms with E-state index >= 15 is 0 Å². The molecular formula is C24H24N4O2. The Labute approximate surface area is 175 Å². The van der Waals surface area contributed by atoms with Crippen LogP contribution < -0.4 is 20.9 Å². The predicted molar refractivity (Wildman–Crippen MR) is 120 cm³/mol. The molecular weight excluding hydrogens is 376 g/mol. The third-order valence-electron chi connectivity index (χ3n) is 5.58. The molecule has 2 heterocycles. The summed E-state index contributed by atoms with van der Waals surface area (Å²) in [6.45, 7) is 0.934. The SMILES string of the molecule is COc1ccc(-c2cc3c(n(-c4ccccc4)c2=O)NC(NCC2CC2)N=C3)cc1. The lowest BCUT2D eigenvalue weighted by molar-refractivity contribution is 0.415. The minimum atomic E-state index is -0.237. The smallest absolute Gasteiger partial charge is 0.264 e. The Bertz CT molecular complexity index is 1130. The van der Waals surface area contributed by atoms with Crippen LogP contribution in [0.5, 0.6) is 5.75 Å². The third-order valence-corrected chi connectivity index (χ3v) is 5.58. The van der Waals surface area contributed by atoms with Crippen molar-refractivity contribution >= 4 is 12.0 Å². The number of benzene rings is 2. The topological polar surface area (TPSA) is 67.7 Å². The van der Waals surface area contributed by atoms with Crippen molar-refractivity contribution in [2.75, 3.05) is 19.0 Å². The molecule has 0 radical (unpaired) electrons. The molecule has 1 aliphatic carbocycles. The van der Waals surface area contributed by atoms with Crippen molar-refractivity contribution < 1.29 is 4.74 Å². The Morgan fingerprint density at radius 3 is 2.60 bits per heavy atom. The highest BCUT2D eigenvalue weighted by molar-refractivity contribution is 5.91. The fraction of sp³-hybridized carbons (Fsp3) is 0.250. The van der Waals surface area contributed by atoms with Crippen molar-refractivity contribution in [2.24, 2.45) is 10.9 Å². The summed E-state index contributed by atoms with van der Waals surface area (Å²) in [6, 6.07) is 19.2. The van der Waals surface area contributed by atoms with Gasteiger partial charge in [0.15, 0.2) is 6.29 Å². The zero-order valence-corrected chi connectivity index (χ0v) is 16.8. The second-order valence-corrected chi connectivity index (χ2v) is 7.74. The van der Waals surface area contributed by atoms with Gasteiger partial charge in [-0.3, -0.25) is 19.7 Å². The molecule has 1 saturated carbocycles. The zero-order chi connectivity index (χ0) is 20.5. The van der Waals surface area contributed by atoms with Crippen LogP contribution in [-0.2, 0) is 0 Å². The molecule has 3 aromatic rings. The molecule has 1 unspecified atom stereocenters. The average Bonchev–Trinajstić information content (AvgIpc) is 3.62. The first-order chi connectivity index (χ1) is 14.7. The van der Waals surface area contributed by atoms with Gasteiger partial charge in [0.25, 0.3) is 5.56 Å². The lowest BCUT2D eigenvalue weighted by Crippen LogP contribution is -2.40. The molecule has 1 atom stereocenters. The molecule has 2 N–H and O–H groups in total. The molecule has 0 spiro atoms. The molecule has 6 nitrogen and oxygen atoms in total. The number of hydrogen-bond donors (Lipinski definition) is 2. The van der Waals surface area contributed by atoms with Gasteiger partial charge in [0, 0.05) is 23.9 Å². The molecule has 6 heteroatoms. The number of aromatic nitrogens is 1. The first-order valence-corrected chi connectivity index (χ1v) is 10.3.